The lowest BCUT2D eigenvalue weighted by atomic mass is 9.67. The zero-order valence-corrected chi connectivity index (χ0v) is 9.86. The number of halogens is 1. The van der Waals surface area contributed by atoms with Crippen LogP contribution < -0.4 is 0 Å². The molecule has 2 aliphatic carbocycles. The quantitative estimate of drug-likeness (QED) is 0.735. The summed E-state index contributed by atoms with van der Waals surface area (Å²) in [5.74, 6) is -0.0439. The van der Waals surface area contributed by atoms with Gasteiger partial charge in [-0.25, -0.2) is 0 Å². The first kappa shape index (κ1) is 11.8. The molecule has 2 bridgehead atoms. The third-order valence-electron chi connectivity index (χ3n) is 5.09. The van der Waals surface area contributed by atoms with Crippen LogP contribution in [-0.2, 0) is 4.79 Å². The molecule has 0 spiro atoms. The number of carboxylic acids is 1. The van der Waals surface area contributed by atoms with Crippen molar-refractivity contribution in [2.24, 2.45) is 22.7 Å². The summed E-state index contributed by atoms with van der Waals surface area (Å²) in [6.45, 7) is 6.65. The largest absolute Gasteiger partial charge is 0.481 e. The Balaban J connectivity index is 0.000000980. The molecule has 3 heteroatoms. The molecule has 0 heterocycles. The maximum atomic E-state index is 11.1. The standard InChI is InChI=1S/C11H18O2.ClH/c1-10(2)7-4-5-11(10,3)8(6-7)9(12)13;/h7-8H,4-6H2,1-3H3,(H,12,13);1H. The molecule has 0 radical (unpaired) electrons. The van der Waals surface area contributed by atoms with E-state index in [4.69, 9.17) is 5.11 Å². The van der Waals surface area contributed by atoms with E-state index in [1.54, 1.807) is 0 Å². The molecule has 2 aliphatic rings. The number of aliphatic carboxylic acids is 1. The summed E-state index contributed by atoms with van der Waals surface area (Å²) in [5, 5.41) is 9.13. The first-order valence-corrected chi connectivity index (χ1v) is 5.12. The van der Waals surface area contributed by atoms with E-state index < -0.39 is 5.97 Å². The van der Waals surface area contributed by atoms with E-state index in [9.17, 15) is 4.79 Å². The minimum absolute atomic E-state index is 0. The number of hydrogen-bond acceptors (Lipinski definition) is 1. The molecular formula is C11H19ClO2. The van der Waals surface area contributed by atoms with Crippen molar-refractivity contribution in [3.8, 4) is 0 Å². The van der Waals surface area contributed by atoms with Gasteiger partial charge in [0.05, 0.1) is 5.92 Å². The van der Waals surface area contributed by atoms with Crippen LogP contribution in [0.25, 0.3) is 0 Å². The van der Waals surface area contributed by atoms with E-state index in [0.717, 1.165) is 12.8 Å². The zero-order valence-electron chi connectivity index (χ0n) is 9.04. The second kappa shape index (κ2) is 3.13. The van der Waals surface area contributed by atoms with Gasteiger partial charge in [-0.1, -0.05) is 20.8 Å². The summed E-state index contributed by atoms with van der Waals surface area (Å²) >= 11 is 0. The van der Waals surface area contributed by atoms with Crippen LogP contribution in [0.15, 0.2) is 0 Å². The molecule has 82 valence electrons. The van der Waals surface area contributed by atoms with E-state index >= 15 is 0 Å². The summed E-state index contributed by atoms with van der Waals surface area (Å²) in [5.41, 5.74) is 0.277. The molecule has 2 saturated carbocycles. The molecule has 0 aliphatic heterocycles. The average Bonchev–Trinajstić information content (AvgIpc) is 2.34. The molecule has 0 aromatic carbocycles. The fourth-order valence-electron chi connectivity index (χ4n) is 3.58. The van der Waals surface area contributed by atoms with Crippen LogP contribution in [0.5, 0.6) is 0 Å². The molecule has 0 aromatic heterocycles. The zero-order chi connectivity index (χ0) is 9.85. The number of fused-ring (bicyclic) bond motifs is 2. The lowest BCUT2D eigenvalue weighted by Crippen LogP contribution is -2.36. The van der Waals surface area contributed by atoms with Crippen LogP contribution in [0.4, 0.5) is 0 Å². The summed E-state index contributed by atoms with van der Waals surface area (Å²) in [7, 11) is 0. The maximum absolute atomic E-state index is 11.1. The summed E-state index contributed by atoms with van der Waals surface area (Å²) in [6.07, 6.45) is 3.23. The van der Waals surface area contributed by atoms with Crippen LogP contribution in [0, 0.1) is 22.7 Å². The molecule has 0 saturated heterocycles. The van der Waals surface area contributed by atoms with E-state index in [1.165, 1.54) is 6.42 Å². The Labute approximate surface area is 91.5 Å². The first-order chi connectivity index (χ1) is 5.89. The van der Waals surface area contributed by atoms with Crippen molar-refractivity contribution >= 4 is 18.4 Å². The Kier molecular flexibility index (Phi) is 2.64. The number of rotatable bonds is 1. The van der Waals surface area contributed by atoms with Gasteiger partial charge in [-0.3, -0.25) is 4.79 Å². The van der Waals surface area contributed by atoms with E-state index in [2.05, 4.69) is 20.8 Å². The smallest absolute Gasteiger partial charge is 0.307 e. The van der Waals surface area contributed by atoms with Gasteiger partial charge in [0.2, 0.25) is 0 Å². The highest BCUT2D eigenvalue weighted by Crippen LogP contribution is 2.68. The SMILES string of the molecule is CC1(C)C2CCC1(C)C(C(=O)O)C2.Cl. The first-order valence-electron chi connectivity index (χ1n) is 5.12. The lowest BCUT2D eigenvalue weighted by molar-refractivity contribution is -0.147. The number of hydrogen-bond donors (Lipinski definition) is 1. The molecule has 2 fully saturated rings. The molecule has 2 rings (SSSR count). The van der Waals surface area contributed by atoms with Crippen LogP contribution in [0.3, 0.4) is 0 Å². The van der Waals surface area contributed by atoms with Gasteiger partial charge in [0.25, 0.3) is 0 Å². The topological polar surface area (TPSA) is 37.3 Å². The Morgan fingerprint density at radius 1 is 1.36 bits per heavy atom. The summed E-state index contributed by atoms with van der Waals surface area (Å²) in [6, 6.07) is 0. The van der Waals surface area contributed by atoms with Crippen molar-refractivity contribution in [1.29, 1.82) is 0 Å². The molecule has 1 N–H and O–H groups in total. The second-order valence-electron chi connectivity index (χ2n) is 5.50. The molecule has 0 aromatic rings. The van der Waals surface area contributed by atoms with Crippen molar-refractivity contribution < 1.29 is 9.90 Å². The Morgan fingerprint density at radius 3 is 2.14 bits per heavy atom. The molecule has 14 heavy (non-hydrogen) atoms. The van der Waals surface area contributed by atoms with Crippen molar-refractivity contribution in [2.75, 3.05) is 0 Å². The second-order valence-corrected chi connectivity index (χ2v) is 5.50. The Morgan fingerprint density at radius 2 is 1.93 bits per heavy atom. The predicted molar refractivity (Wildman–Crippen MR) is 57.6 cm³/mol. The number of carboxylic acid groups (broad SMARTS) is 1. The molecular weight excluding hydrogens is 200 g/mol. The monoisotopic (exact) mass is 218 g/mol. The van der Waals surface area contributed by atoms with Crippen LogP contribution in [0.2, 0.25) is 0 Å². The molecule has 0 amide bonds. The molecule has 3 unspecified atom stereocenters. The summed E-state index contributed by atoms with van der Waals surface area (Å²) < 4.78 is 0. The van der Waals surface area contributed by atoms with Gasteiger partial charge >= 0.3 is 5.97 Å². The predicted octanol–water partition coefficient (Wildman–Crippen LogP) is 2.96. The lowest BCUT2D eigenvalue weighted by Gasteiger charge is -2.37. The average molecular weight is 219 g/mol. The van der Waals surface area contributed by atoms with Gasteiger partial charge < -0.3 is 5.11 Å². The molecule has 2 nitrogen and oxygen atoms in total. The van der Waals surface area contributed by atoms with Crippen molar-refractivity contribution in [3.05, 3.63) is 0 Å². The van der Waals surface area contributed by atoms with E-state index in [0.29, 0.717) is 5.92 Å². The van der Waals surface area contributed by atoms with Crippen LogP contribution >= 0.6 is 12.4 Å². The Bertz CT molecular complexity index is 262. The van der Waals surface area contributed by atoms with E-state index in [1.807, 2.05) is 0 Å². The fraction of sp³-hybridized carbons (Fsp3) is 0.909. The maximum Gasteiger partial charge on any atom is 0.307 e. The third-order valence-corrected chi connectivity index (χ3v) is 5.09. The normalized spacial score (nSPS) is 43.4. The van der Waals surface area contributed by atoms with Crippen LogP contribution in [-0.4, -0.2) is 11.1 Å². The minimum atomic E-state index is -0.585. The van der Waals surface area contributed by atoms with Gasteiger partial charge in [0.15, 0.2) is 0 Å². The van der Waals surface area contributed by atoms with E-state index in [-0.39, 0.29) is 29.2 Å². The van der Waals surface area contributed by atoms with Crippen molar-refractivity contribution in [3.63, 3.8) is 0 Å². The van der Waals surface area contributed by atoms with Gasteiger partial charge in [0.1, 0.15) is 0 Å². The Hall–Kier alpha value is -0.240. The van der Waals surface area contributed by atoms with Gasteiger partial charge in [-0.2, -0.15) is 0 Å². The minimum Gasteiger partial charge on any atom is -0.481 e. The fourth-order valence-corrected chi connectivity index (χ4v) is 3.58. The van der Waals surface area contributed by atoms with Crippen LogP contribution in [0.1, 0.15) is 40.0 Å². The van der Waals surface area contributed by atoms with Crippen molar-refractivity contribution in [1.82, 2.24) is 0 Å². The third kappa shape index (κ3) is 1.13. The summed E-state index contributed by atoms with van der Waals surface area (Å²) in [4.78, 5) is 11.1. The molecule has 3 atom stereocenters. The van der Waals surface area contributed by atoms with Gasteiger partial charge in [0, 0.05) is 0 Å². The highest BCUT2D eigenvalue weighted by molar-refractivity contribution is 5.85. The highest BCUT2D eigenvalue weighted by Gasteiger charge is 2.63. The van der Waals surface area contributed by atoms with Gasteiger partial charge in [-0.05, 0) is 36.0 Å². The van der Waals surface area contributed by atoms with Gasteiger partial charge in [-0.15, -0.1) is 12.4 Å². The number of carbonyl (C=O) groups is 1. The highest BCUT2D eigenvalue weighted by atomic mass is 35.5. The van der Waals surface area contributed by atoms with Crippen molar-refractivity contribution in [2.45, 2.75) is 40.0 Å².